The van der Waals surface area contributed by atoms with Crippen LogP contribution in [0, 0.1) is 23.5 Å². The van der Waals surface area contributed by atoms with Gasteiger partial charge < -0.3 is 11.5 Å². The molecule has 2 nitrogen and oxygen atoms in total. The standard InChI is InChI=1S/C10H10F2N2/c11-8-5-7(3-1-2-4-13)10(14)9(12)6-8/h5-6H,2,4,13-14H2. The molecule has 0 saturated heterocycles. The highest BCUT2D eigenvalue weighted by molar-refractivity contribution is 5.56. The van der Waals surface area contributed by atoms with Crippen LogP contribution in [0.3, 0.4) is 0 Å². The summed E-state index contributed by atoms with van der Waals surface area (Å²) in [5.41, 5.74) is 10.6. The summed E-state index contributed by atoms with van der Waals surface area (Å²) in [5.74, 6) is 3.74. The van der Waals surface area contributed by atoms with E-state index in [1.807, 2.05) is 0 Å². The second kappa shape index (κ2) is 4.58. The van der Waals surface area contributed by atoms with E-state index in [0.29, 0.717) is 13.0 Å². The number of rotatable bonds is 1. The lowest BCUT2D eigenvalue weighted by Crippen LogP contribution is -1.97. The first-order valence-electron chi connectivity index (χ1n) is 4.08. The van der Waals surface area contributed by atoms with Crippen molar-refractivity contribution in [2.24, 2.45) is 5.73 Å². The fourth-order valence-corrected chi connectivity index (χ4v) is 0.918. The molecule has 0 aromatic heterocycles. The van der Waals surface area contributed by atoms with Gasteiger partial charge in [0.2, 0.25) is 0 Å². The molecule has 0 amide bonds. The van der Waals surface area contributed by atoms with Crippen LogP contribution in [0.1, 0.15) is 12.0 Å². The van der Waals surface area contributed by atoms with Gasteiger partial charge in [0.1, 0.15) is 11.6 Å². The molecule has 1 aromatic rings. The Morgan fingerprint density at radius 2 is 2.00 bits per heavy atom. The van der Waals surface area contributed by atoms with E-state index in [-0.39, 0.29) is 11.3 Å². The maximum Gasteiger partial charge on any atom is 0.150 e. The maximum atomic E-state index is 12.9. The molecule has 0 fully saturated rings. The van der Waals surface area contributed by atoms with E-state index in [2.05, 4.69) is 11.8 Å². The lowest BCUT2D eigenvalue weighted by atomic mass is 10.1. The average molecular weight is 196 g/mol. The molecule has 0 atom stereocenters. The van der Waals surface area contributed by atoms with Crippen LogP contribution in [-0.4, -0.2) is 6.54 Å². The second-order valence-electron chi connectivity index (χ2n) is 2.69. The zero-order chi connectivity index (χ0) is 10.6. The third-order valence-electron chi connectivity index (χ3n) is 1.59. The van der Waals surface area contributed by atoms with Crippen LogP contribution in [0.4, 0.5) is 14.5 Å². The molecule has 0 bridgehead atoms. The van der Waals surface area contributed by atoms with Crippen molar-refractivity contribution in [2.45, 2.75) is 6.42 Å². The fourth-order valence-electron chi connectivity index (χ4n) is 0.918. The zero-order valence-corrected chi connectivity index (χ0v) is 7.48. The minimum atomic E-state index is -0.790. The molecule has 4 heteroatoms. The van der Waals surface area contributed by atoms with E-state index >= 15 is 0 Å². The summed E-state index contributed by atoms with van der Waals surface area (Å²) in [5, 5.41) is 0. The lowest BCUT2D eigenvalue weighted by Gasteiger charge is -1.99. The summed E-state index contributed by atoms with van der Waals surface area (Å²) in [6.07, 6.45) is 0.470. The van der Waals surface area contributed by atoms with Crippen molar-refractivity contribution in [1.82, 2.24) is 0 Å². The van der Waals surface area contributed by atoms with Crippen LogP contribution in [0.5, 0.6) is 0 Å². The first-order valence-corrected chi connectivity index (χ1v) is 4.08. The number of halogens is 2. The Morgan fingerprint density at radius 1 is 1.29 bits per heavy atom. The van der Waals surface area contributed by atoms with Gasteiger partial charge in [-0.3, -0.25) is 0 Å². The highest BCUT2D eigenvalue weighted by Gasteiger charge is 2.05. The molecule has 1 rings (SSSR count). The predicted octanol–water partition coefficient (Wildman–Crippen LogP) is 1.25. The number of benzene rings is 1. The molecule has 0 saturated carbocycles. The van der Waals surface area contributed by atoms with Crippen LogP contribution in [0.2, 0.25) is 0 Å². The van der Waals surface area contributed by atoms with E-state index in [0.717, 1.165) is 12.1 Å². The van der Waals surface area contributed by atoms with E-state index < -0.39 is 11.6 Å². The first-order chi connectivity index (χ1) is 6.65. The number of hydrogen-bond acceptors (Lipinski definition) is 2. The van der Waals surface area contributed by atoms with Crippen molar-refractivity contribution in [2.75, 3.05) is 12.3 Å². The predicted molar refractivity (Wildman–Crippen MR) is 51.3 cm³/mol. The third kappa shape index (κ3) is 2.44. The number of anilines is 1. The van der Waals surface area contributed by atoms with Crippen LogP contribution in [0.25, 0.3) is 0 Å². The Balaban J connectivity index is 3.04. The van der Waals surface area contributed by atoms with Gasteiger partial charge in [0, 0.05) is 19.0 Å². The summed E-state index contributed by atoms with van der Waals surface area (Å²) in [4.78, 5) is 0. The normalized spacial score (nSPS) is 9.36. The molecule has 0 aliphatic carbocycles. The smallest absolute Gasteiger partial charge is 0.150 e. The monoisotopic (exact) mass is 196 g/mol. The largest absolute Gasteiger partial charge is 0.395 e. The van der Waals surface area contributed by atoms with Crippen molar-refractivity contribution in [3.8, 4) is 11.8 Å². The Kier molecular flexibility index (Phi) is 3.43. The number of hydrogen-bond donors (Lipinski definition) is 2. The Bertz CT molecular complexity index is 391. The molecule has 0 heterocycles. The molecule has 4 N–H and O–H groups in total. The second-order valence-corrected chi connectivity index (χ2v) is 2.69. The van der Waals surface area contributed by atoms with Crippen molar-refractivity contribution >= 4 is 5.69 Å². The van der Waals surface area contributed by atoms with Crippen LogP contribution >= 0.6 is 0 Å². The molecular formula is C10H10F2N2. The van der Waals surface area contributed by atoms with E-state index in [9.17, 15) is 8.78 Å². The highest BCUT2D eigenvalue weighted by Crippen LogP contribution is 2.16. The summed E-state index contributed by atoms with van der Waals surface area (Å²) in [6.45, 7) is 0.407. The molecule has 0 aliphatic heterocycles. The van der Waals surface area contributed by atoms with Gasteiger partial charge in [-0.2, -0.15) is 0 Å². The van der Waals surface area contributed by atoms with E-state index in [1.54, 1.807) is 0 Å². The van der Waals surface area contributed by atoms with Gasteiger partial charge in [0.25, 0.3) is 0 Å². The van der Waals surface area contributed by atoms with Crippen LogP contribution < -0.4 is 11.5 Å². The fraction of sp³-hybridized carbons (Fsp3) is 0.200. The minimum Gasteiger partial charge on any atom is -0.395 e. The van der Waals surface area contributed by atoms with Crippen molar-refractivity contribution < 1.29 is 8.78 Å². The van der Waals surface area contributed by atoms with Crippen LogP contribution in [0.15, 0.2) is 12.1 Å². The Morgan fingerprint density at radius 3 is 2.64 bits per heavy atom. The summed E-state index contributed by atoms with van der Waals surface area (Å²) in [6, 6.07) is 1.82. The van der Waals surface area contributed by atoms with Gasteiger partial charge in [-0.25, -0.2) is 8.78 Å². The number of nitrogen functional groups attached to an aromatic ring is 1. The Hall–Kier alpha value is -1.60. The SMILES string of the molecule is NCCC#Cc1cc(F)cc(F)c1N. The molecule has 74 valence electrons. The minimum absolute atomic E-state index is 0.129. The van der Waals surface area contributed by atoms with Crippen molar-refractivity contribution in [3.63, 3.8) is 0 Å². The van der Waals surface area contributed by atoms with E-state index in [4.69, 9.17) is 11.5 Å². The van der Waals surface area contributed by atoms with Gasteiger partial charge in [-0.15, -0.1) is 0 Å². The zero-order valence-electron chi connectivity index (χ0n) is 7.48. The summed E-state index contributed by atoms with van der Waals surface area (Å²) in [7, 11) is 0. The van der Waals surface area contributed by atoms with Crippen LogP contribution in [-0.2, 0) is 0 Å². The molecular weight excluding hydrogens is 186 g/mol. The summed E-state index contributed by atoms with van der Waals surface area (Å²) < 4.78 is 25.6. The topological polar surface area (TPSA) is 52.0 Å². The molecule has 0 spiro atoms. The average Bonchev–Trinajstić information content (AvgIpc) is 2.13. The third-order valence-corrected chi connectivity index (χ3v) is 1.59. The van der Waals surface area contributed by atoms with Crippen molar-refractivity contribution in [1.29, 1.82) is 0 Å². The van der Waals surface area contributed by atoms with Crippen molar-refractivity contribution in [3.05, 3.63) is 29.3 Å². The number of nitrogens with two attached hydrogens (primary N) is 2. The van der Waals surface area contributed by atoms with Gasteiger partial charge in [0.15, 0.2) is 0 Å². The Labute approximate surface area is 80.9 Å². The molecule has 0 aliphatic rings. The van der Waals surface area contributed by atoms with Gasteiger partial charge in [-0.1, -0.05) is 11.8 Å². The molecule has 14 heavy (non-hydrogen) atoms. The van der Waals surface area contributed by atoms with E-state index in [1.165, 1.54) is 0 Å². The lowest BCUT2D eigenvalue weighted by molar-refractivity contribution is 0.585. The highest BCUT2D eigenvalue weighted by atomic mass is 19.1. The molecule has 0 radical (unpaired) electrons. The molecule has 1 aromatic carbocycles. The van der Waals surface area contributed by atoms with Gasteiger partial charge in [0.05, 0.1) is 11.3 Å². The molecule has 0 unspecified atom stereocenters. The van der Waals surface area contributed by atoms with Gasteiger partial charge >= 0.3 is 0 Å². The quantitative estimate of drug-likeness (QED) is 0.524. The summed E-state index contributed by atoms with van der Waals surface area (Å²) >= 11 is 0. The maximum absolute atomic E-state index is 12.9. The van der Waals surface area contributed by atoms with Gasteiger partial charge in [-0.05, 0) is 6.07 Å². The first kappa shape index (κ1) is 10.5.